The number of methoxy groups -OCH3 is 1. The van der Waals surface area contributed by atoms with Crippen molar-refractivity contribution in [2.24, 2.45) is 11.8 Å². The Morgan fingerprint density at radius 1 is 1.47 bits per heavy atom. The molecule has 1 aliphatic heterocycles. The van der Waals surface area contributed by atoms with Crippen LogP contribution in [0.25, 0.3) is 0 Å². The van der Waals surface area contributed by atoms with Crippen LogP contribution in [0.3, 0.4) is 0 Å². The van der Waals surface area contributed by atoms with E-state index in [1.54, 1.807) is 7.11 Å². The van der Waals surface area contributed by atoms with Crippen LogP contribution in [0.1, 0.15) is 25.0 Å². The van der Waals surface area contributed by atoms with E-state index in [1.165, 1.54) is 11.1 Å². The topological polar surface area (TPSA) is 21.3 Å². The van der Waals surface area contributed by atoms with Crippen LogP contribution < -0.4 is 10.1 Å². The lowest BCUT2D eigenvalue weighted by Gasteiger charge is -2.31. The van der Waals surface area contributed by atoms with E-state index >= 15 is 0 Å². The van der Waals surface area contributed by atoms with E-state index in [0.717, 1.165) is 24.4 Å². The van der Waals surface area contributed by atoms with Gasteiger partial charge in [-0.15, -0.1) is 0 Å². The second-order valence-electron chi connectivity index (χ2n) is 5.15. The molecule has 1 aliphatic rings. The number of benzene rings is 1. The summed E-state index contributed by atoms with van der Waals surface area (Å²) in [6, 6.07) is 2.00. The fraction of sp³-hybridized carbons (Fsp3) is 0.571. The van der Waals surface area contributed by atoms with E-state index in [1.807, 2.05) is 6.07 Å². The molecule has 1 aromatic carbocycles. The highest BCUT2D eigenvalue weighted by Crippen LogP contribution is 2.42. The number of ether oxygens (including phenoxy) is 1. The number of aryl methyl sites for hydroxylation is 1. The van der Waals surface area contributed by atoms with E-state index < -0.39 is 0 Å². The third kappa shape index (κ3) is 2.23. The normalized spacial score (nSPS) is 18.8. The molecule has 1 atom stereocenters. The van der Waals surface area contributed by atoms with Crippen LogP contribution in [0, 0.1) is 18.8 Å². The van der Waals surface area contributed by atoms with Crippen molar-refractivity contribution in [1.29, 1.82) is 0 Å². The molecule has 3 heteroatoms. The summed E-state index contributed by atoms with van der Waals surface area (Å²) in [6.45, 7) is 7.68. The Kier molecular flexibility index (Phi) is 3.53. The van der Waals surface area contributed by atoms with Crippen molar-refractivity contribution < 1.29 is 4.74 Å². The second kappa shape index (κ2) is 4.77. The van der Waals surface area contributed by atoms with Crippen LogP contribution in [0.4, 0.5) is 5.69 Å². The van der Waals surface area contributed by atoms with Gasteiger partial charge in [0.15, 0.2) is 5.75 Å². The Bertz CT molecular complexity index is 429. The molecule has 2 rings (SSSR count). The van der Waals surface area contributed by atoms with Gasteiger partial charge in [0.1, 0.15) is 0 Å². The Balaban J connectivity index is 2.45. The Morgan fingerprint density at radius 3 is 2.76 bits per heavy atom. The van der Waals surface area contributed by atoms with Gasteiger partial charge in [0.2, 0.25) is 0 Å². The number of nitrogens with one attached hydrogen (secondary N) is 1. The fourth-order valence-electron chi connectivity index (χ4n) is 2.48. The zero-order valence-electron chi connectivity index (χ0n) is 10.9. The van der Waals surface area contributed by atoms with Crippen LogP contribution in [-0.4, -0.2) is 13.7 Å². The highest BCUT2D eigenvalue weighted by atomic mass is 35.5. The van der Waals surface area contributed by atoms with Crippen molar-refractivity contribution in [3.05, 3.63) is 22.2 Å². The first-order chi connectivity index (χ1) is 8.04. The molecule has 0 radical (unpaired) electrons. The van der Waals surface area contributed by atoms with Gasteiger partial charge in [-0.1, -0.05) is 25.4 Å². The zero-order chi connectivity index (χ0) is 12.6. The number of rotatable bonds is 2. The molecule has 1 unspecified atom stereocenters. The van der Waals surface area contributed by atoms with Crippen LogP contribution in [-0.2, 0) is 6.42 Å². The summed E-state index contributed by atoms with van der Waals surface area (Å²) < 4.78 is 5.40. The molecule has 0 saturated heterocycles. The van der Waals surface area contributed by atoms with Gasteiger partial charge in [-0.2, -0.15) is 0 Å². The Labute approximate surface area is 108 Å². The summed E-state index contributed by atoms with van der Waals surface area (Å²) in [4.78, 5) is 0. The minimum absolute atomic E-state index is 0.687. The summed E-state index contributed by atoms with van der Waals surface area (Å²) in [5.74, 6) is 2.17. The maximum absolute atomic E-state index is 6.20. The van der Waals surface area contributed by atoms with Crippen LogP contribution in [0.2, 0.25) is 5.02 Å². The second-order valence-corrected chi connectivity index (χ2v) is 5.56. The van der Waals surface area contributed by atoms with Gasteiger partial charge in [-0.3, -0.25) is 0 Å². The van der Waals surface area contributed by atoms with Gasteiger partial charge in [0.05, 0.1) is 17.8 Å². The van der Waals surface area contributed by atoms with Crippen molar-refractivity contribution in [2.45, 2.75) is 27.2 Å². The molecule has 1 N–H and O–H groups in total. The van der Waals surface area contributed by atoms with Crippen LogP contribution >= 0.6 is 11.6 Å². The first-order valence-electron chi connectivity index (χ1n) is 6.14. The highest BCUT2D eigenvalue weighted by Gasteiger charge is 2.25. The first-order valence-corrected chi connectivity index (χ1v) is 6.52. The van der Waals surface area contributed by atoms with Crippen molar-refractivity contribution in [3.8, 4) is 5.75 Å². The summed E-state index contributed by atoms with van der Waals surface area (Å²) in [7, 11) is 1.67. The van der Waals surface area contributed by atoms with Crippen molar-refractivity contribution in [2.75, 3.05) is 19.0 Å². The molecule has 1 aromatic rings. The molecular formula is C14H20ClNO. The summed E-state index contributed by atoms with van der Waals surface area (Å²) in [5.41, 5.74) is 3.70. The molecular weight excluding hydrogens is 234 g/mol. The maximum atomic E-state index is 6.20. The number of hydrogen-bond donors (Lipinski definition) is 1. The van der Waals surface area contributed by atoms with Gasteiger partial charge in [-0.25, -0.2) is 0 Å². The molecule has 0 saturated carbocycles. The van der Waals surface area contributed by atoms with E-state index in [0.29, 0.717) is 16.9 Å². The lowest BCUT2D eigenvalue weighted by atomic mass is 9.84. The third-order valence-corrected chi connectivity index (χ3v) is 4.00. The van der Waals surface area contributed by atoms with Gasteiger partial charge in [0.25, 0.3) is 0 Å². The molecule has 0 aromatic heterocycles. The number of halogens is 1. The van der Waals surface area contributed by atoms with E-state index in [9.17, 15) is 0 Å². The minimum atomic E-state index is 0.687. The van der Waals surface area contributed by atoms with Crippen molar-refractivity contribution in [1.82, 2.24) is 0 Å². The largest absolute Gasteiger partial charge is 0.493 e. The Morgan fingerprint density at radius 2 is 2.18 bits per heavy atom. The quantitative estimate of drug-likeness (QED) is 0.863. The lowest BCUT2D eigenvalue weighted by molar-refractivity contribution is 0.384. The highest BCUT2D eigenvalue weighted by molar-refractivity contribution is 6.32. The molecule has 94 valence electrons. The molecule has 0 spiro atoms. The molecule has 2 nitrogen and oxygen atoms in total. The van der Waals surface area contributed by atoms with Crippen molar-refractivity contribution in [3.63, 3.8) is 0 Å². The average molecular weight is 254 g/mol. The molecule has 17 heavy (non-hydrogen) atoms. The number of fused-ring (bicyclic) bond motifs is 1. The van der Waals surface area contributed by atoms with Gasteiger partial charge in [-0.05, 0) is 42.4 Å². The summed E-state index contributed by atoms with van der Waals surface area (Å²) in [5, 5.41) is 4.18. The number of anilines is 1. The average Bonchev–Trinajstić information content (AvgIpc) is 2.29. The zero-order valence-corrected chi connectivity index (χ0v) is 11.7. The fourth-order valence-corrected chi connectivity index (χ4v) is 2.82. The summed E-state index contributed by atoms with van der Waals surface area (Å²) >= 11 is 6.20. The smallest absolute Gasteiger partial charge is 0.160 e. The molecule has 1 heterocycles. The standard InChI is InChI=1S/C14H20ClNO/c1-8(2)10-6-11-9(3)5-12(15)14(17-4)13(11)16-7-10/h5,8,10,16H,6-7H2,1-4H3. The predicted octanol–water partition coefficient (Wildman–Crippen LogP) is 3.90. The van der Waals surface area contributed by atoms with Crippen LogP contribution in [0.15, 0.2) is 6.07 Å². The lowest BCUT2D eigenvalue weighted by Crippen LogP contribution is -2.28. The van der Waals surface area contributed by atoms with Gasteiger partial charge in [0, 0.05) is 6.54 Å². The predicted molar refractivity (Wildman–Crippen MR) is 73.3 cm³/mol. The van der Waals surface area contributed by atoms with E-state index in [-0.39, 0.29) is 0 Å². The minimum Gasteiger partial charge on any atom is -0.493 e. The third-order valence-electron chi connectivity index (χ3n) is 3.72. The molecule has 0 aliphatic carbocycles. The molecule has 0 bridgehead atoms. The van der Waals surface area contributed by atoms with Crippen molar-refractivity contribution >= 4 is 17.3 Å². The van der Waals surface area contributed by atoms with Gasteiger partial charge < -0.3 is 10.1 Å². The first kappa shape index (κ1) is 12.6. The maximum Gasteiger partial charge on any atom is 0.160 e. The van der Waals surface area contributed by atoms with Gasteiger partial charge >= 0.3 is 0 Å². The number of hydrogen-bond acceptors (Lipinski definition) is 2. The molecule has 0 amide bonds. The van der Waals surface area contributed by atoms with E-state index in [2.05, 4.69) is 26.1 Å². The molecule has 0 fully saturated rings. The monoisotopic (exact) mass is 253 g/mol. The van der Waals surface area contributed by atoms with Crippen LogP contribution in [0.5, 0.6) is 5.75 Å². The SMILES string of the molecule is COc1c(Cl)cc(C)c2c1NCC(C(C)C)C2. The summed E-state index contributed by atoms with van der Waals surface area (Å²) in [6.07, 6.45) is 1.11. The Hall–Kier alpha value is -0.890. The van der Waals surface area contributed by atoms with E-state index in [4.69, 9.17) is 16.3 Å².